The molecule has 0 saturated carbocycles. The standard InChI is InChI=1S/C16H16FNO3/c1-10-8-11(6-7-13(10)18)16(19)21-9-12-4-3-5-14(20-2)15(12)17/h3-8H,9,18H2,1-2H3. The second kappa shape index (κ2) is 6.26. The van der Waals surface area contributed by atoms with E-state index in [2.05, 4.69) is 0 Å². The maximum atomic E-state index is 13.9. The summed E-state index contributed by atoms with van der Waals surface area (Å²) in [5.74, 6) is -0.937. The molecule has 0 atom stereocenters. The van der Waals surface area contributed by atoms with E-state index in [1.165, 1.54) is 13.2 Å². The molecule has 0 aromatic heterocycles. The van der Waals surface area contributed by atoms with Crippen molar-refractivity contribution in [2.24, 2.45) is 0 Å². The Kier molecular flexibility index (Phi) is 4.42. The first kappa shape index (κ1) is 14.8. The van der Waals surface area contributed by atoms with Gasteiger partial charge in [0.05, 0.1) is 12.7 Å². The number of ether oxygens (including phenoxy) is 2. The van der Waals surface area contributed by atoms with Crippen LogP contribution in [0.15, 0.2) is 36.4 Å². The van der Waals surface area contributed by atoms with Gasteiger partial charge in [0.2, 0.25) is 0 Å². The van der Waals surface area contributed by atoms with E-state index < -0.39 is 11.8 Å². The average Bonchev–Trinajstić information content (AvgIpc) is 2.48. The Morgan fingerprint density at radius 2 is 2.05 bits per heavy atom. The van der Waals surface area contributed by atoms with Crippen LogP contribution in [-0.2, 0) is 11.3 Å². The number of rotatable bonds is 4. The third kappa shape index (κ3) is 3.31. The molecule has 0 aliphatic carbocycles. The highest BCUT2D eigenvalue weighted by molar-refractivity contribution is 5.90. The third-order valence-electron chi connectivity index (χ3n) is 3.13. The number of hydrogen-bond donors (Lipinski definition) is 1. The van der Waals surface area contributed by atoms with Crippen molar-refractivity contribution in [1.29, 1.82) is 0 Å². The first-order valence-electron chi connectivity index (χ1n) is 6.37. The summed E-state index contributed by atoms with van der Waals surface area (Å²) in [4.78, 5) is 11.9. The van der Waals surface area contributed by atoms with Crippen molar-refractivity contribution in [3.8, 4) is 5.75 Å². The molecule has 0 bridgehead atoms. The van der Waals surface area contributed by atoms with Crippen LogP contribution in [0.1, 0.15) is 21.5 Å². The topological polar surface area (TPSA) is 61.5 Å². The van der Waals surface area contributed by atoms with Crippen molar-refractivity contribution in [3.63, 3.8) is 0 Å². The fourth-order valence-electron chi connectivity index (χ4n) is 1.85. The Morgan fingerprint density at radius 1 is 1.29 bits per heavy atom. The van der Waals surface area contributed by atoms with Gasteiger partial charge in [-0.3, -0.25) is 0 Å². The summed E-state index contributed by atoms with van der Waals surface area (Å²) in [7, 11) is 1.38. The van der Waals surface area contributed by atoms with Gasteiger partial charge in [0.25, 0.3) is 0 Å². The molecule has 0 aliphatic heterocycles. The van der Waals surface area contributed by atoms with Gasteiger partial charge in [-0.15, -0.1) is 0 Å². The van der Waals surface area contributed by atoms with Gasteiger partial charge < -0.3 is 15.2 Å². The van der Waals surface area contributed by atoms with E-state index in [1.807, 2.05) is 0 Å². The normalized spacial score (nSPS) is 10.2. The van der Waals surface area contributed by atoms with Crippen LogP contribution in [0.3, 0.4) is 0 Å². The molecule has 0 amide bonds. The number of halogens is 1. The predicted molar refractivity (Wildman–Crippen MR) is 77.7 cm³/mol. The molecule has 5 heteroatoms. The zero-order chi connectivity index (χ0) is 15.4. The van der Waals surface area contributed by atoms with Crippen molar-refractivity contribution in [3.05, 3.63) is 58.9 Å². The van der Waals surface area contributed by atoms with E-state index in [9.17, 15) is 9.18 Å². The SMILES string of the molecule is COc1cccc(COC(=O)c2ccc(N)c(C)c2)c1F. The quantitative estimate of drug-likeness (QED) is 0.694. The smallest absolute Gasteiger partial charge is 0.338 e. The van der Waals surface area contributed by atoms with E-state index >= 15 is 0 Å². The average molecular weight is 289 g/mol. The van der Waals surface area contributed by atoms with Gasteiger partial charge in [-0.25, -0.2) is 9.18 Å². The maximum Gasteiger partial charge on any atom is 0.338 e. The van der Waals surface area contributed by atoms with Crippen LogP contribution in [0.4, 0.5) is 10.1 Å². The maximum absolute atomic E-state index is 13.9. The number of nitrogens with two attached hydrogens (primary N) is 1. The molecule has 0 spiro atoms. The van der Waals surface area contributed by atoms with E-state index in [0.717, 1.165) is 5.56 Å². The molecular formula is C16H16FNO3. The largest absolute Gasteiger partial charge is 0.494 e. The van der Waals surface area contributed by atoms with Crippen molar-refractivity contribution in [2.75, 3.05) is 12.8 Å². The lowest BCUT2D eigenvalue weighted by Gasteiger charge is -2.09. The Labute approximate surface area is 122 Å². The van der Waals surface area contributed by atoms with Crippen LogP contribution in [0.5, 0.6) is 5.75 Å². The summed E-state index contributed by atoms with van der Waals surface area (Å²) < 4.78 is 23.9. The van der Waals surface area contributed by atoms with Crippen LogP contribution in [0.25, 0.3) is 0 Å². The number of anilines is 1. The fourth-order valence-corrected chi connectivity index (χ4v) is 1.85. The number of nitrogen functional groups attached to an aromatic ring is 1. The molecule has 2 N–H and O–H groups in total. The van der Waals surface area contributed by atoms with Gasteiger partial charge in [-0.1, -0.05) is 12.1 Å². The van der Waals surface area contributed by atoms with E-state index in [0.29, 0.717) is 11.3 Å². The fraction of sp³-hybridized carbons (Fsp3) is 0.188. The highest BCUT2D eigenvalue weighted by atomic mass is 19.1. The highest BCUT2D eigenvalue weighted by Gasteiger charge is 2.12. The third-order valence-corrected chi connectivity index (χ3v) is 3.13. The highest BCUT2D eigenvalue weighted by Crippen LogP contribution is 2.21. The minimum atomic E-state index is -0.527. The number of carbonyl (C=O) groups excluding carboxylic acids is 1. The number of hydrogen-bond acceptors (Lipinski definition) is 4. The Bertz CT molecular complexity index is 671. The summed E-state index contributed by atoms with van der Waals surface area (Å²) in [6.07, 6.45) is 0. The zero-order valence-corrected chi connectivity index (χ0v) is 11.9. The molecule has 110 valence electrons. The monoisotopic (exact) mass is 289 g/mol. The number of benzene rings is 2. The lowest BCUT2D eigenvalue weighted by atomic mass is 10.1. The summed E-state index contributed by atoms with van der Waals surface area (Å²) in [6.45, 7) is 1.64. The molecule has 21 heavy (non-hydrogen) atoms. The van der Waals surface area contributed by atoms with Gasteiger partial charge in [0.15, 0.2) is 11.6 Å². The molecule has 0 fully saturated rings. The van der Waals surface area contributed by atoms with Crippen molar-refractivity contribution < 1.29 is 18.7 Å². The Balaban J connectivity index is 2.09. The molecule has 2 rings (SSSR count). The van der Waals surface area contributed by atoms with E-state index in [1.54, 1.807) is 37.3 Å². The van der Waals surface area contributed by atoms with E-state index in [4.69, 9.17) is 15.2 Å². The first-order valence-corrected chi connectivity index (χ1v) is 6.37. The van der Waals surface area contributed by atoms with Gasteiger partial charge >= 0.3 is 5.97 Å². The van der Waals surface area contributed by atoms with Crippen molar-refractivity contribution in [1.82, 2.24) is 0 Å². The minimum Gasteiger partial charge on any atom is -0.494 e. The van der Waals surface area contributed by atoms with Crippen LogP contribution in [0.2, 0.25) is 0 Å². The van der Waals surface area contributed by atoms with Crippen LogP contribution < -0.4 is 10.5 Å². The Morgan fingerprint density at radius 3 is 2.71 bits per heavy atom. The lowest BCUT2D eigenvalue weighted by Crippen LogP contribution is -2.07. The number of aryl methyl sites for hydroxylation is 1. The van der Waals surface area contributed by atoms with Gasteiger partial charge in [0, 0.05) is 11.3 Å². The molecular weight excluding hydrogens is 273 g/mol. The molecule has 0 unspecified atom stereocenters. The van der Waals surface area contributed by atoms with Crippen LogP contribution in [0, 0.1) is 12.7 Å². The van der Waals surface area contributed by atoms with Crippen molar-refractivity contribution >= 4 is 11.7 Å². The molecule has 0 heterocycles. The van der Waals surface area contributed by atoms with Crippen LogP contribution >= 0.6 is 0 Å². The molecule has 2 aromatic rings. The lowest BCUT2D eigenvalue weighted by molar-refractivity contribution is 0.0468. The first-order chi connectivity index (χ1) is 10.0. The number of esters is 1. The van der Waals surface area contributed by atoms with Gasteiger partial charge in [0.1, 0.15) is 6.61 Å². The summed E-state index contributed by atoms with van der Waals surface area (Å²) >= 11 is 0. The van der Waals surface area contributed by atoms with Crippen molar-refractivity contribution in [2.45, 2.75) is 13.5 Å². The molecule has 4 nitrogen and oxygen atoms in total. The molecule has 0 aliphatic rings. The Hall–Kier alpha value is -2.56. The number of methoxy groups -OCH3 is 1. The van der Waals surface area contributed by atoms with Gasteiger partial charge in [-0.2, -0.15) is 0 Å². The molecule has 0 radical (unpaired) electrons. The number of carbonyl (C=O) groups is 1. The summed E-state index contributed by atoms with van der Waals surface area (Å²) in [6, 6.07) is 9.53. The summed E-state index contributed by atoms with van der Waals surface area (Å²) in [5, 5.41) is 0. The van der Waals surface area contributed by atoms with E-state index in [-0.39, 0.29) is 17.9 Å². The zero-order valence-electron chi connectivity index (χ0n) is 11.9. The van der Waals surface area contributed by atoms with Crippen LogP contribution in [-0.4, -0.2) is 13.1 Å². The second-order valence-corrected chi connectivity index (χ2v) is 4.58. The minimum absolute atomic E-state index is 0.117. The molecule has 2 aromatic carbocycles. The van der Waals surface area contributed by atoms with Gasteiger partial charge in [-0.05, 0) is 36.8 Å². The predicted octanol–water partition coefficient (Wildman–Crippen LogP) is 3.08. The summed E-state index contributed by atoms with van der Waals surface area (Å²) in [5.41, 5.74) is 7.72. The molecule has 0 saturated heterocycles. The second-order valence-electron chi connectivity index (χ2n) is 4.58.